The highest BCUT2D eigenvalue weighted by Crippen LogP contribution is 2.09. The van der Waals surface area contributed by atoms with Gasteiger partial charge in [-0.15, -0.1) is 0 Å². The normalized spacial score (nSPS) is 10.1. The molecule has 0 unspecified atom stereocenters. The molecule has 0 aliphatic carbocycles. The van der Waals surface area contributed by atoms with Crippen molar-refractivity contribution in [1.29, 1.82) is 0 Å². The molecule has 3 nitrogen and oxygen atoms in total. The third-order valence-electron chi connectivity index (χ3n) is 1.52. The second kappa shape index (κ2) is 2.73. The topological polar surface area (TPSA) is 30.7 Å². The van der Waals surface area contributed by atoms with E-state index in [0.29, 0.717) is 5.69 Å². The van der Waals surface area contributed by atoms with Gasteiger partial charge in [-0.2, -0.15) is 5.10 Å². The Labute approximate surface area is 68.5 Å². The first-order valence-corrected chi connectivity index (χ1v) is 3.47. The van der Waals surface area contributed by atoms with E-state index in [-0.39, 0.29) is 5.82 Å². The number of nitrogens with zero attached hydrogens (tertiary/aromatic N) is 3. The van der Waals surface area contributed by atoms with Gasteiger partial charge in [0.1, 0.15) is 24.2 Å². The second-order valence-electron chi connectivity index (χ2n) is 2.29. The Hall–Kier alpha value is -1.71. The summed E-state index contributed by atoms with van der Waals surface area (Å²) in [6.45, 7) is 0. The fraction of sp³-hybridized carbons (Fsp3) is 0. The van der Waals surface area contributed by atoms with Crippen molar-refractivity contribution in [2.24, 2.45) is 0 Å². The van der Waals surface area contributed by atoms with E-state index >= 15 is 0 Å². The lowest BCUT2D eigenvalue weighted by Crippen LogP contribution is -1.96. The average molecular weight is 163 g/mol. The quantitative estimate of drug-likeness (QED) is 0.636. The number of hydrogen-bond acceptors (Lipinski definition) is 2. The summed E-state index contributed by atoms with van der Waals surface area (Å²) >= 11 is 0. The van der Waals surface area contributed by atoms with Gasteiger partial charge in [-0.05, 0) is 12.1 Å². The lowest BCUT2D eigenvalue weighted by molar-refractivity contribution is 0.610. The molecular weight excluding hydrogens is 157 g/mol. The predicted molar refractivity (Wildman–Crippen MR) is 41.3 cm³/mol. The summed E-state index contributed by atoms with van der Waals surface area (Å²) in [5.74, 6) is -0.303. The number of rotatable bonds is 1. The number of hydrogen-bond donors (Lipinski definition) is 0. The molecule has 12 heavy (non-hydrogen) atoms. The zero-order chi connectivity index (χ0) is 8.39. The minimum absolute atomic E-state index is 0.303. The van der Waals surface area contributed by atoms with Crippen LogP contribution in [0.25, 0.3) is 5.69 Å². The summed E-state index contributed by atoms with van der Waals surface area (Å²) in [6.07, 6.45) is 2.82. The average Bonchev–Trinajstić information content (AvgIpc) is 2.57. The first kappa shape index (κ1) is 6.97. The second-order valence-corrected chi connectivity index (χ2v) is 2.29. The molecule has 0 N–H and O–H groups in total. The molecule has 2 rings (SSSR count). The van der Waals surface area contributed by atoms with Gasteiger partial charge in [0.25, 0.3) is 0 Å². The smallest absolute Gasteiger partial charge is 0.148 e. The summed E-state index contributed by atoms with van der Waals surface area (Å²) in [5.41, 5.74) is 0.412. The van der Waals surface area contributed by atoms with Crippen LogP contribution in [-0.4, -0.2) is 14.8 Å². The van der Waals surface area contributed by atoms with Gasteiger partial charge in [-0.1, -0.05) is 12.1 Å². The summed E-state index contributed by atoms with van der Waals surface area (Å²) in [6, 6.07) is 6.41. The molecule has 1 heterocycles. The zero-order valence-electron chi connectivity index (χ0n) is 6.18. The van der Waals surface area contributed by atoms with Crippen molar-refractivity contribution >= 4 is 0 Å². The van der Waals surface area contributed by atoms with Crippen molar-refractivity contribution in [3.05, 3.63) is 42.7 Å². The molecule has 0 spiro atoms. The van der Waals surface area contributed by atoms with Crippen LogP contribution in [0, 0.1) is 5.82 Å². The van der Waals surface area contributed by atoms with Gasteiger partial charge in [0.05, 0.1) is 0 Å². The minimum atomic E-state index is -0.303. The number of benzene rings is 1. The lowest BCUT2D eigenvalue weighted by atomic mass is 10.3. The van der Waals surface area contributed by atoms with Crippen molar-refractivity contribution < 1.29 is 4.39 Å². The minimum Gasteiger partial charge on any atom is -0.223 e. The molecule has 0 aliphatic rings. The van der Waals surface area contributed by atoms with Crippen LogP contribution in [0.5, 0.6) is 0 Å². The van der Waals surface area contributed by atoms with Crippen molar-refractivity contribution in [1.82, 2.24) is 14.8 Å². The van der Waals surface area contributed by atoms with Crippen LogP contribution in [-0.2, 0) is 0 Å². The van der Waals surface area contributed by atoms with Crippen LogP contribution >= 0.6 is 0 Å². The molecule has 1 aromatic heterocycles. The maximum atomic E-state index is 13.1. The van der Waals surface area contributed by atoms with E-state index in [2.05, 4.69) is 10.1 Å². The Bertz CT molecular complexity index is 370. The van der Waals surface area contributed by atoms with Gasteiger partial charge in [-0.25, -0.2) is 14.1 Å². The van der Waals surface area contributed by atoms with E-state index in [9.17, 15) is 4.39 Å². The van der Waals surface area contributed by atoms with Gasteiger partial charge < -0.3 is 0 Å². The lowest BCUT2D eigenvalue weighted by Gasteiger charge is -1.99. The third kappa shape index (κ3) is 1.07. The van der Waals surface area contributed by atoms with E-state index in [1.54, 1.807) is 18.2 Å². The highest BCUT2D eigenvalue weighted by molar-refractivity contribution is 5.31. The Morgan fingerprint density at radius 3 is 2.75 bits per heavy atom. The van der Waals surface area contributed by atoms with Crippen molar-refractivity contribution in [3.8, 4) is 5.69 Å². The van der Waals surface area contributed by atoms with Crippen LogP contribution in [0.1, 0.15) is 0 Å². The molecule has 0 amide bonds. The van der Waals surface area contributed by atoms with E-state index in [4.69, 9.17) is 0 Å². The largest absolute Gasteiger partial charge is 0.223 e. The molecule has 4 heteroatoms. The summed E-state index contributed by atoms with van der Waals surface area (Å²) in [5, 5.41) is 3.81. The highest BCUT2D eigenvalue weighted by atomic mass is 19.1. The van der Waals surface area contributed by atoms with Crippen LogP contribution in [0.2, 0.25) is 0 Å². The van der Waals surface area contributed by atoms with E-state index in [1.807, 2.05) is 0 Å². The SMILES string of the molecule is Fc1ccccc1-n1cncn1. The number of halogens is 1. The van der Waals surface area contributed by atoms with Crippen LogP contribution < -0.4 is 0 Å². The number of para-hydroxylation sites is 1. The van der Waals surface area contributed by atoms with E-state index in [1.165, 1.54) is 23.4 Å². The number of aromatic nitrogens is 3. The van der Waals surface area contributed by atoms with Gasteiger partial charge in [0.15, 0.2) is 0 Å². The first-order valence-electron chi connectivity index (χ1n) is 3.47. The molecule has 1 aromatic carbocycles. The first-order chi connectivity index (χ1) is 5.88. The summed E-state index contributed by atoms with van der Waals surface area (Å²) in [4.78, 5) is 3.72. The van der Waals surface area contributed by atoms with Crippen LogP contribution in [0.15, 0.2) is 36.9 Å². The molecule has 0 radical (unpaired) electrons. The highest BCUT2D eigenvalue weighted by Gasteiger charge is 2.01. The Balaban J connectivity index is 2.55. The van der Waals surface area contributed by atoms with E-state index < -0.39 is 0 Å². The standard InChI is InChI=1S/C8H6FN3/c9-7-3-1-2-4-8(7)12-6-10-5-11-12/h1-6H. The maximum absolute atomic E-state index is 13.1. The fourth-order valence-electron chi connectivity index (χ4n) is 0.970. The van der Waals surface area contributed by atoms with Crippen molar-refractivity contribution in [3.63, 3.8) is 0 Å². The molecule has 0 aliphatic heterocycles. The monoisotopic (exact) mass is 163 g/mol. The zero-order valence-corrected chi connectivity index (χ0v) is 6.18. The third-order valence-corrected chi connectivity index (χ3v) is 1.52. The maximum Gasteiger partial charge on any atom is 0.148 e. The van der Waals surface area contributed by atoms with Gasteiger partial charge in [0.2, 0.25) is 0 Å². The van der Waals surface area contributed by atoms with Crippen molar-refractivity contribution in [2.45, 2.75) is 0 Å². The molecule has 0 fully saturated rings. The molecule has 0 atom stereocenters. The molecule has 0 saturated carbocycles. The van der Waals surface area contributed by atoms with Gasteiger partial charge in [-0.3, -0.25) is 0 Å². The van der Waals surface area contributed by atoms with Gasteiger partial charge >= 0.3 is 0 Å². The van der Waals surface area contributed by atoms with Crippen LogP contribution in [0.4, 0.5) is 4.39 Å². The molecule has 0 bridgehead atoms. The molecular formula is C8H6FN3. The summed E-state index contributed by atoms with van der Waals surface area (Å²) < 4.78 is 14.4. The summed E-state index contributed by atoms with van der Waals surface area (Å²) in [7, 11) is 0. The molecule has 60 valence electrons. The Morgan fingerprint density at radius 1 is 1.25 bits per heavy atom. The Morgan fingerprint density at radius 2 is 2.08 bits per heavy atom. The Kier molecular flexibility index (Phi) is 1.59. The fourth-order valence-corrected chi connectivity index (χ4v) is 0.970. The molecule has 2 aromatic rings. The molecule has 0 saturated heterocycles. The predicted octanol–water partition coefficient (Wildman–Crippen LogP) is 1.41. The van der Waals surface area contributed by atoms with Crippen LogP contribution in [0.3, 0.4) is 0 Å². The van der Waals surface area contributed by atoms with E-state index in [0.717, 1.165) is 0 Å². The van der Waals surface area contributed by atoms with Crippen molar-refractivity contribution in [2.75, 3.05) is 0 Å². The van der Waals surface area contributed by atoms with Gasteiger partial charge in [0, 0.05) is 0 Å².